The SMILES string of the molecule is CN([C@@H]1CC[C@H](N2CCC(Nc3ncnc4ccc(OC(F)(F)F)cc34)C2=O)[C@](C)(C(=O)O)C1)C(C)(C)C. The summed E-state index contributed by atoms with van der Waals surface area (Å²) in [5.41, 5.74) is -0.863. The zero-order chi connectivity index (χ0) is 28.0. The second-order valence-electron chi connectivity index (χ2n) is 11.4. The van der Waals surface area contributed by atoms with E-state index in [-0.39, 0.29) is 28.7 Å². The van der Waals surface area contributed by atoms with E-state index in [1.165, 1.54) is 18.5 Å². The van der Waals surface area contributed by atoms with E-state index in [4.69, 9.17) is 0 Å². The fraction of sp³-hybridized carbons (Fsp3) is 0.615. The van der Waals surface area contributed by atoms with Gasteiger partial charge in [0.2, 0.25) is 5.91 Å². The second kappa shape index (κ2) is 9.87. The molecule has 1 saturated carbocycles. The minimum absolute atomic E-state index is 0.0690. The summed E-state index contributed by atoms with van der Waals surface area (Å²) in [6, 6.07) is 2.62. The molecule has 0 bridgehead atoms. The standard InChI is InChI=1S/C26H34F3N5O4/c1-24(2,3)33(5)15-6-9-20(25(4,13-15)23(36)37)34-11-10-19(22(34)35)32-21-17-12-16(38-26(27,28)29)7-8-18(17)30-14-31-21/h7-8,12,14-15,19-20H,6,9-11,13H2,1-5H3,(H,36,37)(H,30,31,32)/t15-,19?,20+,25-/m1/s1. The Morgan fingerprint density at radius 3 is 2.55 bits per heavy atom. The number of carboxylic acid groups (broad SMARTS) is 1. The average Bonchev–Trinajstić information content (AvgIpc) is 3.16. The summed E-state index contributed by atoms with van der Waals surface area (Å²) in [7, 11) is 2.01. The van der Waals surface area contributed by atoms with E-state index >= 15 is 0 Å². The number of hydrogen-bond acceptors (Lipinski definition) is 7. The number of hydrogen-bond donors (Lipinski definition) is 2. The third-order valence-corrected chi connectivity index (χ3v) is 8.03. The number of nitrogens with one attached hydrogen (secondary N) is 1. The third-order valence-electron chi connectivity index (χ3n) is 8.03. The zero-order valence-electron chi connectivity index (χ0n) is 22.2. The quantitative estimate of drug-likeness (QED) is 0.562. The van der Waals surface area contributed by atoms with Crippen molar-refractivity contribution in [2.24, 2.45) is 5.41 Å². The molecule has 1 aliphatic heterocycles. The monoisotopic (exact) mass is 537 g/mol. The van der Waals surface area contributed by atoms with Crippen LogP contribution in [0.15, 0.2) is 24.5 Å². The van der Waals surface area contributed by atoms with Crippen molar-refractivity contribution in [3.05, 3.63) is 24.5 Å². The van der Waals surface area contributed by atoms with Crippen molar-refractivity contribution in [2.75, 3.05) is 18.9 Å². The highest BCUT2D eigenvalue weighted by atomic mass is 19.4. The van der Waals surface area contributed by atoms with Crippen molar-refractivity contribution < 1.29 is 32.6 Å². The van der Waals surface area contributed by atoms with E-state index in [0.717, 1.165) is 12.5 Å². The van der Waals surface area contributed by atoms with Gasteiger partial charge in [-0.25, -0.2) is 9.97 Å². The topological polar surface area (TPSA) is 108 Å². The fourth-order valence-corrected chi connectivity index (χ4v) is 5.66. The molecule has 2 aromatic rings. The van der Waals surface area contributed by atoms with Gasteiger partial charge in [0, 0.05) is 29.6 Å². The average molecular weight is 538 g/mol. The number of aliphatic carboxylic acids is 1. The molecule has 2 heterocycles. The van der Waals surface area contributed by atoms with Crippen LogP contribution < -0.4 is 10.1 Å². The van der Waals surface area contributed by atoms with Gasteiger partial charge < -0.3 is 20.1 Å². The summed E-state index contributed by atoms with van der Waals surface area (Å²) in [5.74, 6) is -1.40. The van der Waals surface area contributed by atoms with E-state index in [1.807, 2.05) is 7.05 Å². The maximum absolute atomic E-state index is 13.5. The van der Waals surface area contributed by atoms with Crippen LogP contribution in [0.25, 0.3) is 10.9 Å². The number of rotatable bonds is 6. The number of amides is 1. The van der Waals surface area contributed by atoms with Crippen molar-refractivity contribution in [1.82, 2.24) is 19.8 Å². The number of alkyl halides is 3. The molecule has 4 atom stereocenters. The maximum atomic E-state index is 13.5. The Hall–Kier alpha value is -3.15. The highest BCUT2D eigenvalue weighted by molar-refractivity contribution is 5.94. The molecule has 1 amide bonds. The van der Waals surface area contributed by atoms with E-state index in [9.17, 15) is 27.9 Å². The Labute approximate surface area is 219 Å². The van der Waals surface area contributed by atoms with Gasteiger partial charge in [-0.3, -0.25) is 14.5 Å². The minimum atomic E-state index is -4.85. The lowest BCUT2D eigenvalue weighted by molar-refractivity contribution is -0.274. The van der Waals surface area contributed by atoms with Crippen LogP contribution in [0.1, 0.15) is 53.4 Å². The van der Waals surface area contributed by atoms with E-state index < -0.39 is 35.6 Å². The van der Waals surface area contributed by atoms with E-state index in [2.05, 4.69) is 45.7 Å². The van der Waals surface area contributed by atoms with Crippen molar-refractivity contribution in [3.63, 3.8) is 0 Å². The summed E-state index contributed by atoms with van der Waals surface area (Å²) < 4.78 is 42.2. The molecule has 0 radical (unpaired) electrons. The number of benzene rings is 1. The Morgan fingerprint density at radius 2 is 1.92 bits per heavy atom. The normalized spacial score (nSPS) is 26.7. The number of carboxylic acids is 1. The first-order valence-corrected chi connectivity index (χ1v) is 12.6. The van der Waals surface area contributed by atoms with Crippen LogP contribution in [0, 0.1) is 5.41 Å². The summed E-state index contributed by atoms with van der Waals surface area (Å²) >= 11 is 0. The van der Waals surface area contributed by atoms with Crippen LogP contribution in [0.3, 0.4) is 0 Å². The molecule has 2 N–H and O–H groups in total. The first kappa shape index (κ1) is 27.9. The Balaban J connectivity index is 1.54. The first-order chi connectivity index (χ1) is 17.6. The van der Waals surface area contributed by atoms with Gasteiger partial charge in [0.1, 0.15) is 23.9 Å². The predicted octanol–water partition coefficient (Wildman–Crippen LogP) is 4.28. The van der Waals surface area contributed by atoms with Crippen molar-refractivity contribution in [2.45, 2.75) is 83.4 Å². The fourth-order valence-electron chi connectivity index (χ4n) is 5.66. The molecule has 1 aliphatic carbocycles. The molecule has 2 aliphatic rings. The van der Waals surface area contributed by atoms with Crippen LogP contribution in [-0.2, 0) is 9.59 Å². The summed E-state index contributed by atoms with van der Waals surface area (Å²) in [5, 5.41) is 13.6. The molecule has 0 spiro atoms. The summed E-state index contributed by atoms with van der Waals surface area (Å²) in [6.07, 6.45) is -1.44. The van der Waals surface area contributed by atoms with Crippen LogP contribution in [-0.4, -0.2) is 80.4 Å². The van der Waals surface area contributed by atoms with E-state index in [0.29, 0.717) is 31.3 Å². The van der Waals surface area contributed by atoms with Gasteiger partial charge in [0.15, 0.2) is 0 Å². The number of aromatic nitrogens is 2. The minimum Gasteiger partial charge on any atom is -0.481 e. The van der Waals surface area contributed by atoms with Gasteiger partial charge in [-0.2, -0.15) is 0 Å². The number of fused-ring (bicyclic) bond motifs is 1. The molecule has 4 rings (SSSR count). The predicted molar refractivity (Wildman–Crippen MR) is 135 cm³/mol. The summed E-state index contributed by atoms with van der Waals surface area (Å²) in [4.78, 5) is 38.2. The number of halogens is 3. The van der Waals surface area contributed by atoms with Gasteiger partial charge in [-0.15, -0.1) is 13.2 Å². The molecule has 1 saturated heterocycles. The molecule has 1 unspecified atom stereocenters. The molecule has 1 aromatic carbocycles. The highest BCUT2D eigenvalue weighted by Gasteiger charge is 2.53. The zero-order valence-corrected chi connectivity index (χ0v) is 22.2. The molecular formula is C26H34F3N5O4. The number of carbonyl (C=O) groups excluding carboxylic acids is 1. The summed E-state index contributed by atoms with van der Waals surface area (Å²) in [6.45, 7) is 8.36. The van der Waals surface area contributed by atoms with Crippen molar-refractivity contribution >= 4 is 28.6 Å². The molecule has 2 fully saturated rings. The number of ether oxygens (including phenoxy) is 1. The van der Waals surface area contributed by atoms with Gasteiger partial charge in [0.25, 0.3) is 0 Å². The van der Waals surface area contributed by atoms with E-state index in [1.54, 1.807) is 11.8 Å². The van der Waals surface area contributed by atoms with Crippen LogP contribution in [0.5, 0.6) is 5.75 Å². The second-order valence-corrected chi connectivity index (χ2v) is 11.4. The first-order valence-electron chi connectivity index (χ1n) is 12.6. The van der Waals surface area contributed by atoms with Gasteiger partial charge in [-0.1, -0.05) is 0 Å². The molecule has 12 heteroatoms. The van der Waals surface area contributed by atoms with Gasteiger partial charge in [-0.05, 0) is 78.6 Å². The Morgan fingerprint density at radius 1 is 1.21 bits per heavy atom. The molecule has 38 heavy (non-hydrogen) atoms. The molecule has 9 nitrogen and oxygen atoms in total. The van der Waals surface area contributed by atoms with Crippen molar-refractivity contribution in [3.8, 4) is 5.75 Å². The molecule has 1 aromatic heterocycles. The Bertz CT molecular complexity index is 1220. The van der Waals surface area contributed by atoms with Gasteiger partial charge >= 0.3 is 12.3 Å². The van der Waals surface area contributed by atoms with Crippen LogP contribution in [0.4, 0.5) is 19.0 Å². The molecular weight excluding hydrogens is 503 g/mol. The third kappa shape index (κ3) is 5.50. The molecule has 208 valence electrons. The van der Waals surface area contributed by atoms with Crippen LogP contribution in [0.2, 0.25) is 0 Å². The highest BCUT2D eigenvalue weighted by Crippen LogP contribution is 2.43. The lowest BCUT2D eigenvalue weighted by Crippen LogP contribution is -2.59. The van der Waals surface area contributed by atoms with Crippen molar-refractivity contribution in [1.29, 1.82) is 0 Å². The lowest BCUT2D eigenvalue weighted by atomic mass is 9.68. The number of anilines is 1. The smallest absolute Gasteiger partial charge is 0.481 e. The lowest BCUT2D eigenvalue weighted by Gasteiger charge is -2.50. The number of carbonyl (C=O) groups is 2. The largest absolute Gasteiger partial charge is 0.573 e. The van der Waals surface area contributed by atoms with Gasteiger partial charge in [0.05, 0.1) is 10.9 Å². The van der Waals surface area contributed by atoms with Crippen LogP contribution >= 0.6 is 0 Å². The maximum Gasteiger partial charge on any atom is 0.573 e. The number of nitrogens with zero attached hydrogens (tertiary/aromatic N) is 4. The Kier molecular flexibility index (Phi) is 7.24. The number of likely N-dealkylation sites (tertiary alicyclic amines) is 1.